The normalized spacial score (nSPS) is 10.6. The van der Waals surface area contributed by atoms with E-state index in [-0.39, 0.29) is 5.91 Å². The number of carbonyl (C=O) groups excluding carboxylic acids is 1. The zero-order valence-electron chi connectivity index (χ0n) is 21.4. The summed E-state index contributed by atoms with van der Waals surface area (Å²) in [4.78, 5) is 29.9. The Labute approximate surface area is 222 Å². The van der Waals surface area contributed by atoms with Crippen molar-refractivity contribution in [1.82, 2.24) is 25.3 Å². The van der Waals surface area contributed by atoms with E-state index >= 15 is 0 Å². The number of ether oxygens (including phenoxy) is 2. The molecule has 0 unspecified atom stereocenters. The lowest BCUT2D eigenvalue weighted by Gasteiger charge is -2.11. The smallest absolute Gasteiger partial charge is 0.251 e. The van der Waals surface area contributed by atoms with Crippen molar-refractivity contribution in [3.8, 4) is 0 Å². The number of nitrogens with zero attached hydrogens (tertiary/aromatic N) is 4. The fourth-order valence-corrected chi connectivity index (χ4v) is 3.15. The highest BCUT2D eigenvalue weighted by Gasteiger charge is 2.08. The van der Waals surface area contributed by atoms with Gasteiger partial charge in [-0.05, 0) is 29.8 Å². The van der Waals surface area contributed by atoms with Crippen LogP contribution >= 0.6 is 0 Å². The van der Waals surface area contributed by atoms with E-state index in [1.165, 1.54) is 0 Å². The van der Waals surface area contributed by atoms with Gasteiger partial charge in [0, 0.05) is 37.9 Å². The van der Waals surface area contributed by atoms with E-state index in [0.717, 1.165) is 11.3 Å². The van der Waals surface area contributed by atoms with Gasteiger partial charge in [0.15, 0.2) is 0 Å². The van der Waals surface area contributed by atoms with Crippen LogP contribution in [0.25, 0.3) is 0 Å². The summed E-state index contributed by atoms with van der Waals surface area (Å²) >= 11 is 0. The minimum atomic E-state index is -0.161. The van der Waals surface area contributed by atoms with Gasteiger partial charge in [0.25, 0.3) is 5.91 Å². The molecule has 0 spiro atoms. The average molecular weight is 522 g/mol. The standard InChI is InChI=1S/C26H35N9O3/c1-2-11-30-24-33-25(35-26(34-24)32-19-22-5-3-4-12-28-22)31-18-20-6-8-21(9-7-20)23(36)29-13-15-38-17-16-37-14-10-27/h2-9,12H,1,10-11,13-19,27H2,(H,29,36)(H3,30,31,32,33,34,35). The molecule has 38 heavy (non-hydrogen) atoms. The molecule has 0 saturated heterocycles. The quantitative estimate of drug-likeness (QED) is 0.123. The van der Waals surface area contributed by atoms with Crippen molar-refractivity contribution in [1.29, 1.82) is 0 Å². The van der Waals surface area contributed by atoms with Crippen LogP contribution in [0.15, 0.2) is 61.3 Å². The number of amides is 1. The minimum Gasteiger partial charge on any atom is -0.378 e. The molecular weight excluding hydrogens is 486 g/mol. The predicted molar refractivity (Wildman–Crippen MR) is 147 cm³/mol. The first kappa shape index (κ1) is 28.4. The van der Waals surface area contributed by atoms with Crippen LogP contribution in [-0.2, 0) is 22.6 Å². The molecule has 2 aromatic heterocycles. The summed E-state index contributed by atoms with van der Waals surface area (Å²) in [7, 11) is 0. The first-order valence-corrected chi connectivity index (χ1v) is 12.4. The first-order chi connectivity index (χ1) is 18.7. The van der Waals surface area contributed by atoms with E-state index in [0.29, 0.717) is 82.6 Å². The maximum atomic E-state index is 12.4. The Morgan fingerprint density at radius 3 is 2.21 bits per heavy atom. The molecule has 0 aliphatic carbocycles. The Balaban J connectivity index is 1.48. The lowest BCUT2D eigenvalue weighted by atomic mass is 10.1. The van der Waals surface area contributed by atoms with Crippen molar-refractivity contribution in [2.45, 2.75) is 13.1 Å². The summed E-state index contributed by atoms with van der Waals surface area (Å²) < 4.78 is 10.6. The Morgan fingerprint density at radius 2 is 1.55 bits per heavy atom. The monoisotopic (exact) mass is 521 g/mol. The number of hydrogen-bond acceptors (Lipinski definition) is 11. The summed E-state index contributed by atoms with van der Waals surface area (Å²) in [6, 6.07) is 13.0. The molecule has 3 rings (SSSR count). The number of aromatic nitrogens is 4. The highest BCUT2D eigenvalue weighted by Crippen LogP contribution is 2.12. The van der Waals surface area contributed by atoms with Crippen LogP contribution in [0.2, 0.25) is 0 Å². The summed E-state index contributed by atoms with van der Waals surface area (Å²) in [5, 5.41) is 12.3. The van der Waals surface area contributed by atoms with Crippen LogP contribution < -0.4 is 27.0 Å². The molecule has 1 aromatic carbocycles. The molecule has 0 saturated carbocycles. The van der Waals surface area contributed by atoms with Gasteiger partial charge in [0.05, 0.1) is 38.7 Å². The number of hydrogen-bond donors (Lipinski definition) is 5. The maximum absolute atomic E-state index is 12.4. The zero-order chi connectivity index (χ0) is 26.8. The van der Waals surface area contributed by atoms with Crippen molar-refractivity contribution < 1.29 is 14.3 Å². The summed E-state index contributed by atoms with van der Waals surface area (Å²) in [6.45, 7) is 7.95. The Hall–Kier alpha value is -4.13. The molecule has 0 aliphatic rings. The maximum Gasteiger partial charge on any atom is 0.251 e. The average Bonchev–Trinajstić information content (AvgIpc) is 2.96. The van der Waals surface area contributed by atoms with Crippen LogP contribution in [0.3, 0.4) is 0 Å². The summed E-state index contributed by atoms with van der Waals surface area (Å²) in [6.07, 6.45) is 3.46. The molecule has 1 amide bonds. The number of anilines is 3. The number of nitrogens with two attached hydrogens (primary N) is 1. The van der Waals surface area contributed by atoms with Crippen LogP contribution in [0.4, 0.5) is 17.8 Å². The van der Waals surface area contributed by atoms with Gasteiger partial charge in [-0.3, -0.25) is 9.78 Å². The second-order valence-corrected chi connectivity index (χ2v) is 7.97. The molecule has 0 aliphatic heterocycles. The van der Waals surface area contributed by atoms with Crippen LogP contribution in [0.1, 0.15) is 21.6 Å². The van der Waals surface area contributed by atoms with Crippen LogP contribution in [0, 0.1) is 0 Å². The Morgan fingerprint density at radius 1 is 0.868 bits per heavy atom. The summed E-state index contributed by atoms with van der Waals surface area (Å²) in [5.74, 6) is 1.08. The highest BCUT2D eigenvalue weighted by molar-refractivity contribution is 5.94. The molecule has 12 nitrogen and oxygen atoms in total. The molecule has 6 N–H and O–H groups in total. The van der Waals surface area contributed by atoms with Gasteiger partial charge >= 0.3 is 0 Å². The number of rotatable bonds is 18. The second-order valence-electron chi connectivity index (χ2n) is 7.97. The third-order valence-corrected chi connectivity index (χ3v) is 5.03. The SMILES string of the molecule is C=CCNc1nc(NCc2ccc(C(=O)NCCOCCOCCN)cc2)nc(NCc2ccccn2)n1. The van der Waals surface area contributed by atoms with Gasteiger partial charge in [0.2, 0.25) is 17.8 Å². The topological polar surface area (TPSA) is 161 Å². The van der Waals surface area contributed by atoms with Crippen molar-refractivity contribution in [2.24, 2.45) is 5.73 Å². The number of nitrogens with one attached hydrogen (secondary N) is 4. The predicted octanol–water partition coefficient (Wildman–Crippen LogP) is 1.81. The van der Waals surface area contributed by atoms with Crippen molar-refractivity contribution in [3.05, 3.63) is 78.1 Å². The second kappa shape index (κ2) is 16.6. The van der Waals surface area contributed by atoms with Crippen LogP contribution in [-0.4, -0.2) is 71.9 Å². The first-order valence-electron chi connectivity index (χ1n) is 12.4. The third-order valence-electron chi connectivity index (χ3n) is 5.03. The molecule has 0 atom stereocenters. The van der Waals surface area contributed by atoms with Gasteiger partial charge in [-0.25, -0.2) is 0 Å². The molecule has 3 aromatic rings. The highest BCUT2D eigenvalue weighted by atomic mass is 16.5. The van der Waals surface area contributed by atoms with Crippen molar-refractivity contribution >= 4 is 23.8 Å². The van der Waals surface area contributed by atoms with E-state index in [2.05, 4.69) is 47.8 Å². The molecule has 0 radical (unpaired) electrons. The van der Waals surface area contributed by atoms with Crippen LogP contribution in [0.5, 0.6) is 0 Å². The Bertz CT molecular complexity index is 1110. The fourth-order valence-electron chi connectivity index (χ4n) is 3.15. The molecule has 0 fully saturated rings. The van der Waals surface area contributed by atoms with E-state index in [1.54, 1.807) is 24.4 Å². The molecule has 12 heteroatoms. The zero-order valence-corrected chi connectivity index (χ0v) is 21.4. The van der Waals surface area contributed by atoms with Gasteiger partial charge in [-0.15, -0.1) is 6.58 Å². The van der Waals surface area contributed by atoms with E-state index in [4.69, 9.17) is 15.2 Å². The molecule has 0 bridgehead atoms. The van der Waals surface area contributed by atoms with Gasteiger partial charge < -0.3 is 36.5 Å². The minimum absolute atomic E-state index is 0.161. The van der Waals surface area contributed by atoms with E-state index in [1.807, 2.05) is 30.3 Å². The fraction of sp³-hybridized carbons (Fsp3) is 0.346. The number of benzene rings is 1. The van der Waals surface area contributed by atoms with Gasteiger partial charge in [-0.2, -0.15) is 15.0 Å². The lowest BCUT2D eigenvalue weighted by Crippen LogP contribution is -2.27. The lowest BCUT2D eigenvalue weighted by molar-refractivity contribution is 0.0511. The van der Waals surface area contributed by atoms with Crippen molar-refractivity contribution in [2.75, 3.05) is 62.0 Å². The molecule has 202 valence electrons. The van der Waals surface area contributed by atoms with E-state index < -0.39 is 0 Å². The number of carbonyl (C=O) groups is 1. The number of pyridine rings is 1. The van der Waals surface area contributed by atoms with Gasteiger partial charge in [-0.1, -0.05) is 24.3 Å². The van der Waals surface area contributed by atoms with Crippen molar-refractivity contribution in [3.63, 3.8) is 0 Å². The Kier molecular flexibility index (Phi) is 12.4. The van der Waals surface area contributed by atoms with E-state index in [9.17, 15) is 4.79 Å². The van der Waals surface area contributed by atoms with Gasteiger partial charge in [0.1, 0.15) is 0 Å². The molecular formula is C26H35N9O3. The third kappa shape index (κ3) is 10.5. The largest absolute Gasteiger partial charge is 0.378 e. The molecule has 2 heterocycles. The summed E-state index contributed by atoms with van der Waals surface area (Å²) in [5.41, 5.74) is 7.75.